The SMILES string of the molecule is O=C(CCl)Nc1cccc2sccc12. The molecule has 0 bridgehead atoms. The highest BCUT2D eigenvalue weighted by atomic mass is 35.5. The van der Waals surface area contributed by atoms with Crippen LogP contribution >= 0.6 is 22.9 Å². The number of anilines is 1. The van der Waals surface area contributed by atoms with Gasteiger partial charge in [0.2, 0.25) is 5.91 Å². The highest BCUT2D eigenvalue weighted by Gasteiger charge is 2.04. The molecule has 1 heterocycles. The molecule has 0 atom stereocenters. The van der Waals surface area contributed by atoms with Crippen molar-refractivity contribution >= 4 is 44.6 Å². The van der Waals surface area contributed by atoms with E-state index in [0.717, 1.165) is 15.8 Å². The second-order valence-electron chi connectivity index (χ2n) is 2.82. The summed E-state index contributed by atoms with van der Waals surface area (Å²) in [5.41, 5.74) is 0.828. The zero-order chi connectivity index (χ0) is 9.97. The minimum absolute atomic E-state index is 0.0134. The Balaban J connectivity index is 2.41. The van der Waals surface area contributed by atoms with Crippen LogP contribution in [0.25, 0.3) is 10.1 Å². The normalized spacial score (nSPS) is 10.4. The van der Waals surface area contributed by atoms with Crippen molar-refractivity contribution in [1.82, 2.24) is 0 Å². The molecule has 0 aliphatic rings. The molecule has 0 aliphatic carbocycles. The van der Waals surface area contributed by atoms with Gasteiger partial charge < -0.3 is 5.32 Å². The van der Waals surface area contributed by atoms with Crippen molar-refractivity contribution in [3.8, 4) is 0 Å². The van der Waals surface area contributed by atoms with Crippen LogP contribution in [0.4, 0.5) is 5.69 Å². The predicted molar refractivity (Wildman–Crippen MR) is 61.2 cm³/mol. The van der Waals surface area contributed by atoms with Gasteiger partial charge in [0.25, 0.3) is 0 Å². The molecule has 0 saturated heterocycles. The molecule has 72 valence electrons. The van der Waals surface area contributed by atoms with Gasteiger partial charge in [0.05, 0.1) is 0 Å². The highest BCUT2D eigenvalue weighted by molar-refractivity contribution is 7.17. The van der Waals surface area contributed by atoms with Gasteiger partial charge in [-0.05, 0) is 23.6 Å². The molecule has 1 aromatic heterocycles. The fourth-order valence-corrected chi connectivity index (χ4v) is 2.17. The van der Waals surface area contributed by atoms with Crippen LogP contribution in [0.3, 0.4) is 0 Å². The maximum atomic E-state index is 11.1. The largest absolute Gasteiger partial charge is 0.324 e. The molecule has 2 nitrogen and oxygen atoms in total. The summed E-state index contributed by atoms with van der Waals surface area (Å²) in [4.78, 5) is 11.1. The van der Waals surface area contributed by atoms with E-state index in [1.54, 1.807) is 11.3 Å². The lowest BCUT2D eigenvalue weighted by molar-refractivity contribution is -0.113. The first-order chi connectivity index (χ1) is 6.81. The molecule has 0 saturated carbocycles. The van der Waals surface area contributed by atoms with Crippen LogP contribution in [0.2, 0.25) is 0 Å². The first kappa shape index (κ1) is 9.49. The Morgan fingerprint density at radius 3 is 3.07 bits per heavy atom. The summed E-state index contributed by atoms with van der Waals surface area (Å²) in [6.45, 7) is 0. The number of hydrogen-bond acceptors (Lipinski definition) is 2. The monoisotopic (exact) mass is 225 g/mol. The topological polar surface area (TPSA) is 29.1 Å². The summed E-state index contributed by atoms with van der Waals surface area (Å²) in [5.74, 6) is -0.189. The van der Waals surface area contributed by atoms with E-state index in [1.165, 1.54) is 0 Å². The maximum absolute atomic E-state index is 11.1. The van der Waals surface area contributed by atoms with Crippen molar-refractivity contribution in [2.75, 3.05) is 11.2 Å². The molecule has 4 heteroatoms. The third-order valence-electron chi connectivity index (χ3n) is 1.89. The molecule has 0 unspecified atom stereocenters. The zero-order valence-corrected chi connectivity index (χ0v) is 8.86. The number of halogens is 1. The van der Waals surface area contributed by atoms with Crippen LogP contribution < -0.4 is 5.32 Å². The van der Waals surface area contributed by atoms with Crippen molar-refractivity contribution in [3.63, 3.8) is 0 Å². The van der Waals surface area contributed by atoms with Crippen molar-refractivity contribution in [2.24, 2.45) is 0 Å². The fraction of sp³-hybridized carbons (Fsp3) is 0.100. The molecule has 2 rings (SSSR count). The van der Waals surface area contributed by atoms with Crippen molar-refractivity contribution in [3.05, 3.63) is 29.6 Å². The molecule has 0 fully saturated rings. The number of alkyl halides is 1. The van der Waals surface area contributed by atoms with Crippen LogP contribution in [0.5, 0.6) is 0 Å². The number of hydrogen-bond donors (Lipinski definition) is 1. The van der Waals surface area contributed by atoms with Crippen molar-refractivity contribution < 1.29 is 4.79 Å². The predicted octanol–water partition coefficient (Wildman–Crippen LogP) is 3.08. The van der Waals surface area contributed by atoms with E-state index in [1.807, 2.05) is 29.6 Å². The van der Waals surface area contributed by atoms with Gasteiger partial charge in [0, 0.05) is 15.8 Å². The fourth-order valence-electron chi connectivity index (χ4n) is 1.29. The Labute approximate surface area is 90.5 Å². The van der Waals surface area contributed by atoms with Gasteiger partial charge in [0.15, 0.2) is 0 Å². The van der Waals surface area contributed by atoms with Crippen molar-refractivity contribution in [1.29, 1.82) is 0 Å². The molecule has 2 aromatic rings. The molecule has 1 N–H and O–H groups in total. The van der Waals surface area contributed by atoms with Gasteiger partial charge in [-0.3, -0.25) is 4.79 Å². The van der Waals surface area contributed by atoms with E-state index in [4.69, 9.17) is 11.6 Å². The second kappa shape index (κ2) is 3.98. The highest BCUT2D eigenvalue weighted by Crippen LogP contribution is 2.27. The molecule has 1 amide bonds. The summed E-state index contributed by atoms with van der Waals surface area (Å²) in [6.07, 6.45) is 0. The summed E-state index contributed by atoms with van der Waals surface area (Å²) < 4.78 is 1.16. The van der Waals surface area contributed by atoms with Gasteiger partial charge in [-0.25, -0.2) is 0 Å². The zero-order valence-electron chi connectivity index (χ0n) is 7.29. The Morgan fingerprint density at radius 1 is 1.43 bits per heavy atom. The number of rotatable bonds is 2. The van der Waals surface area contributed by atoms with Gasteiger partial charge in [-0.2, -0.15) is 0 Å². The Hall–Kier alpha value is -1.06. The van der Waals surface area contributed by atoms with E-state index in [0.29, 0.717) is 0 Å². The number of nitrogens with one attached hydrogen (secondary N) is 1. The Kier molecular flexibility index (Phi) is 2.70. The molecule has 0 aliphatic heterocycles. The minimum Gasteiger partial charge on any atom is -0.324 e. The average molecular weight is 226 g/mol. The summed E-state index contributed by atoms with van der Waals surface area (Å²) >= 11 is 7.07. The van der Waals surface area contributed by atoms with Crippen LogP contribution in [0, 0.1) is 0 Å². The smallest absolute Gasteiger partial charge is 0.239 e. The number of fused-ring (bicyclic) bond motifs is 1. The minimum atomic E-state index is -0.176. The molecule has 0 radical (unpaired) electrons. The van der Waals surface area contributed by atoms with Gasteiger partial charge in [-0.1, -0.05) is 6.07 Å². The molecular formula is C10H8ClNOS. The first-order valence-electron chi connectivity index (χ1n) is 4.13. The van der Waals surface area contributed by atoms with Gasteiger partial charge in [0.1, 0.15) is 5.88 Å². The first-order valence-corrected chi connectivity index (χ1v) is 5.54. The van der Waals surface area contributed by atoms with Gasteiger partial charge in [-0.15, -0.1) is 22.9 Å². The number of carbonyl (C=O) groups excluding carboxylic acids is 1. The third kappa shape index (κ3) is 1.74. The quantitative estimate of drug-likeness (QED) is 0.782. The van der Waals surface area contributed by atoms with Crippen LogP contribution in [-0.2, 0) is 4.79 Å². The number of thiophene rings is 1. The standard InChI is InChI=1S/C10H8ClNOS/c11-6-10(13)12-8-2-1-3-9-7(8)4-5-14-9/h1-5H,6H2,(H,12,13). The van der Waals surface area contributed by atoms with Crippen LogP contribution in [0.1, 0.15) is 0 Å². The van der Waals surface area contributed by atoms with Gasteiger partial charge >= 0.3 is 0 Å². The van der Waals surface area contributed by atoms with E-state index in [-0.39, 0.29) is 11.8 Å². The Morgan fingerprint density at radius 2 is 2.29 bits per heavy atom. The van der Waals surface area contributed by atoms with Crippen LogP contribution in [-0.4, -0.2) is 11.8 Å². The average Bonchev–Trinajstić information content (AvgIpc) is 2.66. The molecular weight excluding hydrogens is 218 g/mol. The third-order valence-corrected chi connectivity index (χ3v) is 3.02. The number of amides is 1. The number of carbonyl (C=O) groups is 1. The summed E-state index contributed by atoms with van der Waals surface area (Å²) in [7, 11) is 0. The van der Waals surface area contributed by atoms with E-state index in [2.05, 4.69) is 5.32 Å². The van der Waals surface area contributed by atoms with E-state index >= 15 is 0 Å². The maximum Gasteiger partial charge on any atom is 0.239 e. The van der Waals surface area contributed by atoms with E-state index < -0.39 is 0 Å². The molecule has 14 heavy (non-hydrogen) atoms. The summed E-state index contributed by atoms with van der Waals surface area (Å²) in [6, 6.07) is 7.81. The van der Waals surface area contributed by atoms with Crippen LogP contribution in [0.15, 0.2) is 29.6 Å². The lowest BCUT2D eigenvalue weighted by atomic mass is 10.2. The second-order valence-corrected chi connectivity index (χ2v) is 4.03. The lowest BCUT2D eigenvalue weighted by Crippen LogP contribution is -2.12. The number of benzene rings is 1. The summed E-state index contributed by atoms with van der Waals surface area (Å²) in [5, 5.41) is 5.82. The lowest BCUT2D eigenvalue weighted by Gasteiger charge is -2.03. The molecule has 1 aromatic carbocycles. The molecule has 0 spiro atoms. The van der Waals surface area contributed by atoms with Crippen molar-refractivity contribution in [2.45, 2.75) is 0 Å². The Bertz CT molecular complexity index is 466. The van der Waals surface area contributed by atoms with E-state index in [9.17, 15) is 4.79 Å².